The summed E-state index contributed by atoms with van der Waals surface area (Å²) in [5.41, 5.74) is 0.633. The summed E-state index contributed by atoms with van der Waals surface area (Å²) in [5, 5.41) is 10.3. The van der Waals surface area contributed by atoms with Crippen molar-refractivity contribution in [3.63, 3.8) is 0 Å². The summed E-state index contributed by atoms with van der Waals surface area (Å²) in [4.78, 5) is 25.4. The lowest BCUT2D eigenvalue weighted by Crippen LogP contribution is -2.43. The van der Waals surface area contributed by atoms with Crippen LogP contribution < -0.4 is 0 Å². The number of carbonyl (C=O) groups is 2. The van der Waals surface area contributed by atoms with E-state index in [4.69, 9.17) is 39.8 Å². The van der Waals surface area contributed by atoms with Gasteiger partial charge < -0.3 is 9.52 Å². The number of amides is 1. The highest BCUT2D eigenvalue weighted by molar-refractivity contribution is 8.26. The largest absolute Gasteiger partial charge is 0.480 e. The average molecular weight is 442 g/mol. The summed E-state index contributed by atoms with van der Waals surface area (Å²) in [7, 11) is 0. The molecule has 0 spiro atoms. The molecule has 1 aromatic heterocycles. The molecule has 0 aliphatic carbocycles. The maximum absolute atomic E-state index is 12.6. The second-order valence-electron chi connectivity index (χ2n) is 5.64. The topological polar surface area (TPSA) is 70.8 Å². The van der Waals surface area contributed by atoms with E-state index < -0.39 is 17.9 Å². The predicted molar refractivity (Wildman–Crippen MR) is 111 cm³/mol. The number of furan rings is 1. The van der Waals surface area contributed by atoms with Gasteiger partial charge >= 0.3 is 5.97 Å². The van der Waals surface area contributed by atoms with Crippen molar-refractivity contribution in [2.75, 3.05) is 0 Å². The maximum Gasteiger partial charge on any atom is 0.326 e. The molecular weight excluding hydrogens is 429 g/mol. The minimum absolute atomic E-state index is 0.213. The Bertz CT molecular complexity index is 970. The van der Waals surface area contributed by atoms with E-state index >= 15 is 0 Å². The van der Waals surface area contributed by atoms with Gasteiger partial charge in [-0.05, 0) is 36.8 Å². The molecule has 3 rings (SSSR count). The zero-order valence-corrected chi connectivity index (χ0v) is 17.1. The van der Waals surface area contributed by atoms with E-state index in [-0.39, 0.29) is 10.7 Å². The van der Waals surface area contributed by atoms with Crippen LogP contribution in [0.2, 0.25) is 10.0 Å². The molecule has 1 fully saturated rings. The Morgan fingerprint density at radius 1 is 1.37 bits per heavy atom. The van der Waals surface area contributed by atoms with Crippen molar-refractivity contribution in [3.05, 3.63) is 51.0 Å². The Hall–Kier alpha value is -1.80. The Kier molecular flexibility index (Phi) is 5.95. The van der Waals surface area contributed by atoms with Crippen molar-refractivity contribution < 1.29 is 19.1 Å². The van der Waals surface area contributed by atoms with Gasteiger partial charge in [-0.1, -0.05) is 54.1 Å². The van der Waals surface area contributed by atoms with Gasteiger partial charge in [0.2, 0.25) is 0 Å². The summed E-state index contributed by atoms with van der Waals surface area (Å²) in [5.74, 6) is -0.616. The van der Waals surface area contributed by atoms with E-state index in [1.54, 1.807) is 37.3 Å². The highest BCUT2D eigenvalue weighted by Crippen LogP contribution is 2.36. The van der Waals surface area contributed by atoms with Gasteiger partial charge in [0.05, 0.1) is 9.93 Å². The molecule has 5 nitrogen and oxygen atoms in total. The highest BCUT2D eigenvalue weighted by Gasteiger charge is 2.39. The SMILES string of the molecule is CCC(C(=O)O)N1C(=O)/C(=C/c2ccc(-c3cc(Cl)ccc3Cl)o2)SC1=S. The quantitative estimate of drug-likeness (QED) is 0.500. The predicted octanol–water partition coefficient (Wildman–Crippen LogP) is 5.32. The molecule has 2 aromatic rings. The fourth-order valence-electron chi connectivity index (χ4n) is 2.61. The molecule has 1 atom stereocenters. The third-order valence-electron chi connectivity index (χ3n) is 3.90. The first-order valence-electron chi connectivity index (χ1n) is 7.87. The van der Waals surface area contributed by atoms with Gasteiger partial charge in [-0.25, -0.2) is 4.79 Å². The number of aliphatic carboxylic acids is 1. The minimum Gasteiger partial charge on any atom is -0.480 e. The molecule has 1 aliphatic rings. The molecule has 140 valence electrons. The number of rotatable bonds is 5. The van der Waals surface area contributed by atoms with E-state index in [9.17, 15) is 14.7 Å². The van der Waals surface area contributed by atoms with E-state index in [1.165, 1.54) is 6.08 Å². The van der Waals surface area contributed by atoms with Gasteiger partial charge in [-0.15, -0.1) is 0 Å². The smallest absolute Gasteiger partial charge is 0.326 e. The Labute approximate surface area is 174 Å². The number of benzene rings is 1. The normalized spacial score (nSPS) is 17.0. The number of carbonyl (C=O) groups excluding carboxylic acids is 1. The van der Waals surface area contributed by atoms with E-state index in [0.717, 1.165) is 16.7 Å². The lowest BCUT2D eigenvalue weighted by Gasteiger charge is -2.21. The standard InChI is InChI=1S/C18H13Cl2NO4S2/c1-2-13(17(23)24)21-16(22)15(27-18(21)26)8-10-4-6-14(25-10)11-7-9(19)3-5-12(11)20/h3-8,13H,2H2,1H3,(H,23,24)/b15-8-. The number of thiocarbonyl (C=S) groups is 1. The lowest BCUT2D eigenvalue weighted by molar-refractivity contribution is -0.145. The van der Waals surface area contributed by atoms with Crippen LogP contribution in [0.3, 0.4) is 0 Å². The molecular formula is C18H13Cl2NO4S2. The summed E-state index contributed by atoms with van der Waals surface area (Å²) < 4.78 is 5.97. The van der Waals surface area contributed by atoms with Crippen LogP contribution in [0.15, 0.2) is 39.7 Å². The number of carboxylic acids is 1. The molecule has 1 unspecified atom stereocenters. The molecule has 0 saturated carbocycles. The van der Waals surface area contributed by atoms with Gasteiger partial charge in [-0.2, -0.15) is 0 Å². The van der Waals surface area contributed by atoms with Crippen LogP contribution in [0.5, 0.6) is 0 Å². The van der Waals surface area contributed by atoms with E-state index in [0.29, 0.717) is 32.0 Å². The first kappa shape index (κ1) is 19.9. The van der Waals surface area contributed by atoms with E-state index in [2.05, 4.69) is 0 Å². The minimum atomic E-state index is -1.09. The number of halogens is 2. The maximum atomic E-state index is 12.6. The molecule has 1 aliphatic heterocycles. The second-order valence-corrected chi connectivity index (χ2v) is 8.16. The number of carboxylic acid groups (broad SMARTS) is 1. The summed E-state index contributed by atoms with van der Waals surface area (Å²) in [6.45, 7) is 1.69. The summed E-state index contributed by atoms with van der Waals surface area (Å²) in [6.07, 6.45) is 1.79. The molecule has 27 heavy (non-hydrogen) atoms. The zero-order chi connectivity index (χ0) is 19.7. The molecule has 2 heterocycles. The first-order valence-corrected chi connectivity index (χ1v) is 9.85. The fraction of sp³-hybridized carbons (Fsp3) is 0.167. The van der Waals surface area contributed by atoms with Gasteiger partial charge in [0, 0.05) is 16.7 Å². The molecule has 0 bridgehead atoms. The Morgan fingerprint density at radius 3 is 2.78 bits per heavy atom. The molecule has 9 heteroatoms. The van der Waals surface area contributed by atoms with Crippen LogP contribution in [-0.4, -0.2) is 32.2 Å². The molecule has 1 amide bonds. The van der Waals surface area contributed by atoms with Crippen LogP contribution in [0.25, 0.3) is 17.4 Å². The number of hydrogen-bond acceptors (Lipinski definition) is 5. The lowest BCUT2D eigenvalue weighted by atomic mass is 10.2. The van der Waals surface area contributed by atoms with Gasteiger partial charge in [0.1, 0.15) is 21.9 Å². The molecule has 0 radical (unpaired) electrons. The summed E-state index contributed by atoms with van der Waals surface area (Å²) >= 11 is 18.4. The van der Waals surface area contributed by atoms with Crippen LogP contribution in [0.1, 0.15) is 19.1 Å². The van der Waals surface area contributed by atoms with Crippen molar-refractivity contribution in [2.45, 2.75) is 19.4 Å². The van der Waals surface area contributed by atoms with Crippen LogP contribution >= 0.6 is 47.2 Å². The van der Waals surface area contributed by atoms with E-state index in [1.807, 2.05) is 0 Å². The van der Waals surface area contributed by atoms with Crippen molar-refractivity contribution in [1.82, 2.24) is 4.90 Å². The van der Waals surface area contributed by atoms with Crippen molar-refractivity contribution >= 4 is 69.5 Å². The number of hydrogen-bond donors (Lipinski definition) is 1. The van der Waals surface area contributed by atoms with Crippen molar-refractivity contribution in [1.29, 1.82) is 0 Å². The Balaban J connectivity index is 1.89. The molecule has 1 saturated heterocycles. The summed E-state index contributed by atoms with van der Waals surface area (Å²) in [6, 6.07) is 7.45. The van der Waals surface area contributed by atoms with Gasteiger partial charge in [0.15, 0.2) is 0 Å². The van der Waals surface area contributed by atoms with Crippen LogP contribution in [-0.2, 0) is 9.59 Å². The molecule has 1 aromatic carbocycles. The first-order chi connectivity index (χ1) is 12.8. The van der Waals surface area contributed by atoms with Crippen LogP contribution in [0.4, 0.5) is 0 Å². The third-order valence-corrected chi connectivity index (χ3v) is 5.80. The van der Waals surface area contributed by atoms with Gasteiger partial charge in [-0.3, -0.25) is 9.69 Å². The number of thioether (sulfide) groups is 1. The van der Waals surface area contributed by atoms with Gasteiger partial charge in [0.25, 0.3) is 5.91 Å². The van der Waals surface area contributed by atoms with Crippen molar-refractivity contribution in [2.24, 2.45) is 0 Å². The van der Waals surface area contributed by atoms with Crippen molar-refractivity contribution in [3.8, 4) is 11.3 Å². The molecule has 1 N–H and O–H groups in total. The fourth-order valence-corrected chi connectivity index (χ4v) is 4.33. The Morgan fingerprint density at radius 2 is 2.11 bits per heavy atom. The third kappa shape index (κ3) is 4.06. The zero-order valence-electron chi connectivity index (χ0n) is 13.9. The highest BCUT2D eigenvalue weighted by atomic mass is 35.5. The second kappa shape index (κ2) is 8.06. The average Bonchev–Trinajstić information content (AvgIpc) is 3.18. The van der Waals surface area contributed by atoms with Crippen LogP contribution in [0, 0.1) is 0 Å². The monoisotopic (exact) mass is 441 g/mol. The number of nitrogens with zero attached hydrogens (tertiary/aromatic N) is 1.